The molecule has 106 valence electrons. The van der Waals surface area contributed by atoms with Crippen LogP contribution < -0.4 is 5.32 Å². The van der Waals surface area contributed by atoms with Gasteiger partial charge < -0.3 is 10.1 Å². The molecule has 0 bridgehead atoms. The average Bonchev–Trinajstić information content (AvgIpc) is 2.42. The molecule has 0 radical (unpaired) electrons. The molecule has 1 saturated heterocycles. The van der Waals surface area contributed by atoms with Gasteiger partial charge >= 0.3 is 0 Å². The largest absolute Gasteiger partial charge is 0.369 e. The van der Waals surface area contributed by atoms with Crippen molar-refractivity contribution in [2.75, 3.05) is 38.1 Å². The van der Waals surface area contributed by atoms with Gasteiger partial charge in [0.15, 0.2) is 5.82 Å². The fraction of sp³-hybridized carbons (Fsp3) is 0.692. The van der Waals surface area contributed by atoms with E-state index < -0.39 is 0 Å². The number of morpholine rings is 1. The second-order valence-electron chi connectivity index (χ2n) is 4.62. The highest BCUT2D eigenvalue weighted by Gasteiger charge is 2.24. The molecule has 1 aliphatic rings. The fourth-order valence-electron chi connectivity index (χ4n) is 2.21. The summed E-state index contributed by atoms with van der Waals surface area (Å²) in [5.41, 5.74) is 0. The minimum Gasteiger partial charge on any atom is -0.369 e. The molecule has 19 heavy (non-hydrogen) atoms. The molecule has 0 saturated carbocycles. The summed E-state index contributed by atoms with van der Waals surface area (Å²) in [6.45, 7) is 8.82. The summed E-state index contributed by atoms with van der Waals surface area (Å²) in [4.78, 5) is 11.4. The van der Waals surface area contributed by atoms with Crippen LogP contribution in [0.15, 0.2) is 10.7 Å². The van der Waals surface area contributed by atoms with Crippen LogP contribution in [-0.4, -0.2) is 47.7 Å². The molecular formula is C13H21BrN4O. The van der Waals surface area contributed by atoms with Crippen molar-refractivity contribution in [3.63, 3.8) is 0 Å². The number of aromatic nitrogens is 2. The first-order valence-electron chi connectivity index (χ1n) is 6.84. The highest BCUT2D eigenvalue weighted by molar-refractivity contribution is 9.10. The number of ether oxygens (including phenoxy) is 1. The molecule has 1 unspecified atom stereocenters. The average molecular weight is 329 g/mol. The SMILES string of the molecule is CCCN1CCOC(c2ncc(Br)c(NCC)n2)C1. The third kappa shape index (κ3) is 3.87. The van der Waals surface area contributed by atoms with E-state index in [1.165, 1.54) is 0 Å². The van der Waals surface area contributed by atoms with Crippen LogP contribution in [0.25, 0.3) is 0 Å². The summed E-state index contributed by atoms with van der Waals surface area (Å²) in [6.07, 6.45) is 2.93. The summed E-state index contributed by atoms with van der Waals surface area (Å²) < 4.78 is 6.69. The Labute approximate surface area is 122 Å². The van der Waals surface area contributed by atoms with Gasteiger partial charge in [0.05, 0.1) is 11.1 Å². The van der Waals surface area contributed by atoms with Crippen molar-refractivity contribution in [1.82, 2.24) is 14.9 Å². The monoisotopic (exact) mass is 328 g/mol. The van der Waals surface area contributed by atoms with E-state index in [1.807, 2.05) is 6.92 Å². The maximum Gasteiger partial charge on any atom is 0.160 e. The van der Waals surface area contributed by atoms with Gasteiger partial charge in [-0.05, 0) is 35.8 Å². The lowest BCUT2D eigenvalue weighted by Gasteiger charge is -2.31. The van der Waals surface area contributed by atoms with Crippen molar-refractivity contribution < 1.29 is 4.74 Å². The Morgan fingerprint density at radius 1 is 1.53 bits per heavy atom. The molecule has 1 N–H and O–H groups in total. The standard InChI is InChI=1S/C13H21BrN4O/c1-3-5-18-6-7-19-11(9-18)13-16-8-10(14)12(17-13)15-4-2/h8,11H,3-7,9H2,1-2H3,(H,15,16,17). The minimum absolute atomic E-state index is 0.0224. The van der Waals surface area contributed by atoms with Crippen LogP contribution in [0.1, 0.15) is 32.2 Å². The maximum atomic E-state index is 5.80. The zero-order chi connectivity index (χ0) is 13.7. The van der Waals surface area contributed by atoms with Gasteiger partial charge in [-0.15, -0.1) is 0 Å². The summed E-state index contributed by atoms with van der Waals surface area (Å²) in [5.74, 6) is 1.60. The maximum absolute atomic E-state index is 5.80. The number of halogens is 1. The van der Waals surface area contributed by atoms with Crippen LogP contribution in [0.2, 0.25) is 0 Å². The van der Waals surface area contributed by atoms with E-state index in [4.69, 9.17) is 4.74 Å². The van der Waals surface area contributed by atoms with E-state index >= 15 is 0 Å². The molecule has 1 aliphatic heterocycles. The van der Waals surface area contributed by atoms with Crippen molar-refractivity contribution in [3.8, 4) is 0 Å². The highest BCUT2D eigenvalue weighted by atomic mass is 79.9. The van der Waals surface area contributed by atoms with Crippen LogP contribution in [0.5, 0.6) is 0 Å². The molecular weight excluding hydrogens is 308 g/mol. The zero-order valence-corrected chi connectivity index (χ0v) is 13.1. The van der Waals surface area contributed by atoms with E-state index in [9.17, 15) is 0 Å². The minimum atomic E-state index is -0.0224. The van der Waals surface area contributed by atoms with Gasteiger partial charge in [0.25, 0.3) is 0 Å². The summed E-state index contributed by atoms with van der Waals surface area (Å²) >= 11 is 3.45. The van der Waals surface area contributed by atoms with Gasteiger partial charge in [0.2, 0.25) is 0 Å². The lowest BCUT2D eigenvalue weighted by molar-refractivity contribution is -0.0341. The predicted molar refractivity (Wildman–Crippen MR) is 79.3 cm³/mol. The van der Waals surface area contributed by atoms with E-state index in [2.05, 4.69) is 43.0 Å². The Morgan fingerprint density at radius 3 is 3.11 bits per heavy atom. The number of hydrogen-bond donors (Lipinski definition) is 1. The first-order chi connectivity index (χ1) is 9.24. The summed E-state index contributed by atoms with van der Waals surface area (Å²) in [6, 6.07) is 0. The molecule has 0 spiro atoms. The number of nitrogens with zero attached hydrogens (tertiary/aromatic N) is 3. The Hall–Kier alpha value is -0.720. The van der Waals surface area contributed by atoms with Crippen molar-refractivity contribution in [2.24, 2.45) is 0 Å². The molecule has 1 atom stereocenters. The van der Waals surface area contributed by atoms with Crippen molar-refractivity contribution in [1.29, 1.82) is 0 Å². The molecule has 2 rings (SSSR count). The third-order valence-corrected chi connectivity index (χ3v) is 3.67. The van der Waals surface area contributed by atoms with Gasteiger partial charge in [-0.2, -0.15) is 0 Å². The Bertz CT molecular complexity index is 414. The first-order valence-corrected chi connectivity index (χ1v) is 7.64. The first kappa shape index (κ1) is 14.7. The van der Waals surface area contributed by atoms with Crippen LogP contribution in [-0.2, 0) is 4.74 Å². The van der Waals surface area contributed by atoms with E-state index in [-0.39, 0.29) is 6.10 Å². The van der Waals surface area contributed by atoms with Crippen molar-refractivity contribution >= 4 is 21.7 Å². The predicted octanol–water partition coefficient (Wildman–Crippen LogP) is 2.45. The quantitative estimate of drug-likeness (QED) is 0.899. The smallest absolute Gasteiger partial charge is 0.160 e. The topological polar surface area (TPSA) is 50.3 Å². The van der Waals surface area contributed by atoms with E-state index in [0.29, 0.717) is 0 Å². The lowest BCUT2D eigenvalue weighted by Crippen LogP contribution is -2.39. The second kappa shape index (κ2) is 7.17. The lowest BCUT2D eigenvalue weighted by atomic mass is 10.2. The molecule has 1 aromatic heterocycles. The molecule has 6 heteroatoms. The Morgan fingerprint density at radius 2 is 2.37 bits per heavy atom. The second-order valence-corrected chi connectivity index (χ2v) is 5.47. The van der Waals surface area contributed by atoms with E-state index in [1.54, 1.807) is 6.20 Å². The van der Waals surface area contributed by atoms with Gasteiger partial charge in [-0.3, -0.25) is 4.90 Å². The van der Waals surface area contributed by atoms with Crippen molar-refractivity contribution in [3.05, 3.63) is 16.5 Å². The molecule has 0 aliphatic carbocycles. The number of anilines is 1. The van der Waals surface area contributed by atoms with E-state index in [0.717, 1.165) is 55.3 Å². The van der Waals surface area contributed by atoms with Gasteiger partial charge in [0, 0.05) is 25.8 Å². The van der Waals surface area contributed by atoms with Gasteiger partial charge in [0.1, 0.15) is 11.9 Å². The molecule has 1 aromatic rings. The van der Waals surface area contributed by atoms with Crippen LogP contribution >= 0.6 is 15.9 Å². The van der Waals surface area contributed by atoms with Crippen molar-refractivity contribution in [2.45, 2.75) is 26.4 Å². The fourth-order valence-corrected chi connectivity index (χ4v) is 2.54. The number of rotatable bonds is 5. The zero-order valence-electron chi connectivity index (χ0n) is 11.5. The Balaban J connectivity index is 2.10. The number of hydrogen-bond acceptors (Lipinski definition) is 5. The van der Waals surface area contributed by atoms with Gasteiger partial charge in [-0.1, -0.05) is 6.92 Å². The van der Waals surface area contributed by atoms with Crippen LogP contribution in [0, 0.1) is 0 Å². The highest BCUT2D eigenvalue weighted by Crippen LogP contribution is 2.24. The van der Waals surface area contributed by atoms with Gasteiger partial charge in [-0.25, -0.2) is 9.97 Å². The third-order valence-electron chi connectivity index (χ3n) is 3.09. The number of nitrogens with one attached hydrogen (secondary N) is 1. The molecule has 0 aromatic carbocycles. The summed E-state index contributed by atoms with van der Waals surface area (Å²) in [5, 5.41) is 3.22. The normalized spacial score (nSPS) is 20.5. The van der Waals surface area contributed by atoms with Crippen LogP contribution in [0.3, 0.4) is 0 Å². The Kier molecular flexibility index (Phi) is 5.54. The molecule has 0 amide bonds. The molecule has 5 nitrogen and oxygen atoms in total. The summed E-state index contributed by atoms with van der Waals surface area (Å²) in [7, 11) is 0. The van der Waals surface area contributed by atoms with Crippen LogP contribution in [0.4, 0.5) is 5.82 Å². The molecule has 2 heterocycles. The molecule has 1 fully saturated rings.